The highest BCUT2D eigenvalue weighted by atomic mass is 16.2. The number of likely N-dealkylation sites (tertiary alicyclic amines) is 1. The number of nitrogens with zero attached hydrogens (tertiary/aromatic N) is 3. The van der Waals surface area contributed by atoms with Crippen LogP contribution in [0.1, 0.15) is 18.4 Å². The van der Waals surface area contributed by atoms with Gasteiger partial charge in [-0.2, -0.15) is 0 Å². The number of piperidine rings is 1. The lowest BCUT2D eigenvalue weighted by atomic mass is 9.96. The zero-order chi connectivity index (χ0) is 19.2. The third-order valence-corrected chi connectivity index (χ3v) is 4.78. The van der Waals surface area contributed by atoms with Crippen LogP contribution in [-0.4, -0.2) is 46.9 Å². The summed E-state index contributed by atoms with van der Waals surface area (Å²) in [6, 6.07) is 13.3. The van der Waals surface area contributed by atoms with Crippen molar-refractivity contribution in [1.29, 1.82) is 0 Å². The van der Waals surface area contributed by atoms with Crippen molar-refractivity contribution in [3.63, 3.8) is 0 Å². The molecule has 0 bridgehead atoms. The monoisotopic (exact) mass is 367 g/mol. The minimum Gasteiger partial charge on any atom is -0.384 e. The quantitative estimate of drug-likeness (QED) is 0.869. The van der Waals surface area contributed by atoms with Gasteiger partial charge in [-0.25, -0.2) is 9.78 Å². The lowest BCUT2D eigenvalue weighted by Crippen LogP contribution is -2.46. The SMILES string of the molecule is CN(Cc1ccccc1)C(=O)N1CCC(C(=O)Nc2ccc(N)nc2)CC1. The van der Waals surface area contributed by atoms with Crippen molar-refractivity contribution < 1.29 is 9.59 Å². The Morgan fingerprint density at radius 1 is 1.19 bits per heavy atom. The van der Waals surface area contributed by atoms with E-state index in [1.807, 2.05) is 42.3 Å². The molecular formula is C20H25N5O2. The molecule has 1 aromatic carbocycles. The van der Waals surface area contributed by atoms with Crippen molar-refractivity contribution >= 4 is 23.4 Å². The first-order valence-electron chi connectivity index (χ1n) is 9.09. The highest BCUT2D eigenvalue weighted by molar-refractivity contribution is 5.92. The molecule has 1 aromatic heterocycles. The zero-order valence-electron chi connectivity index (χ0n) is 15.5. The van der Waals surface area contributed by atoms with Gasteiger partial charge in [0, 0.05) is 32.6 Å². The van der Waals surface area contributed by atoms with Crippen molar-refractivity contribution in [3.8, 4) is 0 Å². The largest absolute Gasteiger partial charge is 0.384 e. The Labute approximate surface area is 159 Å². The fourth-order valence-electron chi connectivity index (χ4n) is 3.22. The maximum absolute atomic E-state index is 12.6. The van der Waals surface area contributed by atoms with Crippen LogP contribution in [0.3, 0.4) is 0 Å². The first-order chi connectivity index (χ1) is 13.0. The smallest absolute Gasteiger partial charge is 0.320 e. The molecule has 2 heterocycles. The maximum Gasteiger partial charge on any atom is 0.320 e. The van der Waals surface area contributed by atoms with Gasteiger partial charge >= 0.3 is 6.03 Å². The number of pyridine rings is 1. The van der Waals surface area contributed by atoms with Crippen molar-refractivity contribution in [2.45, 2.75) is 19.4 Å². The summed E-state index contributed by atoms with van der Waals surface area (Å²) < 4.78 is 0. The Hall–Kier alpha value is -3.09. The lowest BCUT2D eigenvalue weighted by Gasteiger charge is -2.34. The van der Waals surface area contributed by atoms with Crippen molar-refractivity contribution in [2.75, 3.05) is 31.2 Å². The van der Waals surface area contributed by atoms with Gasteiger partial charge in [0.05, 0.1) is 11.9 Å². The summed E-state index contributed by atoms with van der Waals surface area (Å²) >= 11 is 0. The van der Waals surface area contributed by atoms with Gasteiger partial charge in [0.1, 0.15) is 5.82 Å². The van der Waals surface area contributed by atoms with Crippen molar-refractivity contribution in [2.24, 2.45) is 5.92 Å². The van der Waals surface area contributed by atoms with E-state index in [9.17, 15) is 9.59 Å². The van der Waals surface area contributed by atoms with Gasteiger partial charge in [0.25, 0.3) is 0 Å². The highest BCUT2D eigenvalue weighted by Gasteiger charge is 2.28. The minimum atomic E-state index is -0.106. The van der Waals surface area contributed by atoms with Crippen LogP contribution < -0.4 is 11.1 Å². The number of hydrogen-bond donors (Lipinski definition) is 2. The predicted octanol–water partition coefficient (Wildman–Crippen LogP) is 2.57. The van der Waals surface area contributed by atoms with Gasteiger partial charge in [0.2, 0.25) is 5.91 Å². The number of aromatic nitrogens is 1. The van der Waals surface area contributed by atoms with Crippen LogP contribution in [-0.2, 0) is 11.3 Å². The highest BCUT2D eigenvalue weighted by Crippen LogP contribution is 2.21. The molecule has 142 valence electrons. The molecular weight excluding hydrogens is 342 g/mol. The van der Waals surface area contributed by atoms with Crippen LogP contribution >= 0.6 is 0 Å². The zero-order valence-corrected chi connectivity index (χ0v) is 15.5. The van der Waals surface area contributed by atoms with Crippen LogP contribution in [0, 0.1) is 5.92 Å². The molecule has 27 heavy (non-hydrogen) atoms. The van der Waals surface area contributed by atoms with Gasteiger partial charge in [0.15, 0.2) is 0 Å². The van der Waals surface area contributed by atoms with Crippen LogP contribution in [0.5, 0.6) is 0 Å². The van der Waals surface area contributed by atoms with E-state index in [0.29, 0.717) is 44.0 Å². The molecule has 1 fully saturated rings. The summed E-state index contributed by atoms with van der Waals surface area (Å²) in [5.41, 5.74) is 7.28. The van der Waals surface area contributed by atoms with E-state index in [0.717, 1.165) is 5.56 Å². The molecule has 1 aliphatic rings. The number of nitrogens with one attached hydrogen (secondary N) is 1. The van der Waals surface area contributed by atoms with E-state index < -0.39 is 0 Å². The Morgan fingerprint density at radius 3 is 2.52 bits per heavy atom. The molecule has 1 aliphatic heterocycles. The average molecular weight is 367 g/mol. The summed E-state index contributed by atoms with van der Waals surface area (Å²) in [6.45, 7) is 1.73. The Morgan fingerprint density at radius 2 is 1.89 bits per heavy atom. The summed E-state index contributed by atoms with van der Waals surface area (Å²) in [4.78, 5) is 32.6. The number of hydrogen-bond acceptors (Lipinski definition) is 4. The number of nitrogen functional groups attached to an aromatic ring is 1. The number of rotatable bonds is 4. The molecule has 0 atom stereocenters. The topological polar surface area (TPSA) is 91.6 Å². The van der Waals surface area contributed by atoms with E-state index in [-0.39, 0.29) is 17.9 Å². The second-order valence-electron chi connectivity index (χ2n) is 6.85. The molecule has 0 saturated carbocycles. The molecule has 7 nitrogen and oxygen atoms in total. The second-order valence-corrected chi connectivity index (χ2v) is 6.85. The van der Waals surface area contributed by atoms with Crippen LogP contribution in [0.15, 0.2) is 48.7 Å². The van der Waals surface area contributed by atoms with Crippen molar-refractivity contribution in [3.05, 3.63) is 54.2 Å². The van der Waals surface area contributed by atoms with Crippen LogP contribution in [0.2, 0.25) is 0 Å². The molecule has 2 aromatic rings. The van der Waals surface area contributed by atoms with E-state index in [4.69, 9.17) is 5.73 Å². The van der Waals surface area contributed by atoms with Crippen LogP contribution in [0.4, 0.5) is 16.3 Å². The Bertz CT molecular complexity index is 771. The third-order valence-electron chi connectivity index (χ3n) is 4.78. The molecule has 3 N–H and O–H groups in total. The van der Waals surface area contributed by atoms with E-state index >= 15 is 0 Å². The Kier molecular flexibility index (Phi) is 5.90. The minimum absolute atomic E-state index is 0.000413. The first-order valence-corrected chi connectivity index (χ1v) is 9.09. The standard InChI is InChI=1S/C20H25N5O2/c1-24(14-15-5-3-2-4-6-15)20(27)25-11-9-16(10-12-25)19(26)23-17-7-8-18(21)22-13-17/h2-8,13,16H,9-12,14H2,1H3,(H2,21,22)(H,23,26). The average Bonchev–Trinajstić information content (AvgIpc) is 2.70. The molecule has 0 unspecified atom stereocenters. The van der Waals surface area contributed by atoms with E-state index in [1.54, 1.807) is 23.2 Å². The maximum atomic E-state index is 12.6. The number of nitrogens with two attached hydrogens (primary N) is 1. The fourth-order valence-corrected chi connectivity index (χ4v) is 3.22. The van der Waals surface area contributed by atoms with Gasteiger partial charge in [-0.3, -0.25) is 4.79 Å². The normalized spacial score (nSPS) is 14.6. The molecule has 7 heteroatoms. The van der Waals surface area contributed by atoms with E-state index in [1.165, 1.54) is 0 Å². The summed E-state index contributed by atoms with van der Waals surface area (Å²) in [5, 5.41) is 2.87. The molecule has 3 rings (SSSR count). The van der Waals surface area contributed by atoms with Gasteiger partial charge < -0.3 is 20.9 Å². The number of benzene rings is 1. The predicted molar refractivity (Wildman–Crippen MR) is 105 cm³/mol. The van der Waals surface area contributed by atoms with Gasteiger partial charge in [-0.05, 0) is 30.5 Å². The summed E-state index contributed by atoms with van der Waals surface area (Å²) in [6.07, 6.45) is 2.85. The number of carbonyl (C=O) groups excluding carboxylic acids is 2. The molecule has 0 spiro atoms. The Balaban J connectivity index is 1.48. The summed E-state index contributed by atoms with van der Waals surface area (Å²) in [5.74, 6) is 0.275. The molecule has 0 aliphatic carbocycles. The third kappa shape index (κ3) is 4.97. The first kappa shape index (κ1) is 18.7. The van der Waals surface area contributed by atoms with Gasteiger partial charge in [-0.15, -0.1) is 0 Å². The molecule has 0 radical (unpaired) electrons. The molecule has 1 saturated heterocycles. The fraction of sp³-hybridized carbons (Fsp3) is 0.350. The van der Waals surface area contributed by atoms with Gasteiger partial charge in [-0.1, -0.05) is 30.3 Å². The summed E-state index contributed by atoms with van der Waals surface area (Å²) in [7, 11) is 1.81. The van der Waals surface area contributed by atoms with Crippen LogP contribution in [0.25, 0.3) is 0 Å². The second kappa shape index (κ2) is 8.53. The number of carbonyl (C=O) groups is 2. The van der Waals surface area contributed by atoms with E-state index in [2.05, 4.69) is 10.3 Å². The number of anilines is 2. The number of urea groups is 1. The number of amides is 3. The lowest BCUT2D eigenvalue weighted by molar-refractivity contribution is -0.121. The van der Waals surface area contributed by atoms with Crippen molar-refractivity contribution in [1.82, 2.24) is 14.8 Å². The molecule has 3 amide bonds.